The number of nitrogens with one attached hydrogen (secondary N) is 2. The topological polar surface area (TPSA) is 77.6 Å². The number of nitrogens with zero attached hydrogens (tertiary/aromatic N) is 3. The number of para-hydroxylation sites is 1. The molecule has 3 aromatic rings. The number of thiazole rings is 1. The molecule has 1 aromatic heterocycles. The van der Waals surface area contributed by atoms with E-state index in [9.17, 15) is 9.59 Å². The minimum Gasteiger partial charge on any atom is -0.353 e. The minimum atomic E-state index is -0.274. The van der Waals surface area contributed by atoms with E-state index in [1.165, 1.54) is 16.2 Å². The second-order valence-electron chi connectivity index (χ2n) is 7.33. The Morgan fingerprint density at radius 3 is 2.35 bits per heavy atom. The van der Waals surface area contributed by atoms with Gasteiger partial charge in [-0.1, -0.05) is 48.5 Å². The van der Waals surface area contributed by atoms with Crippen molar-refractivity contribution < 1.29 is 9.59 Å². The fourth-order valence-electron chi connectivity index (χ4n) is 2.89. The highest BCUT2D eigenvalue weighted by Gasteiger charge is 2.22. The maximum Gasteiger partial charge on any atom is 0.274 e. The van der Waals surface area contributed by atoms with Gasteiger partial charge in [0.15, 0.2) is 5.13 Å². The van der Waals surface area contributed by atoms with Gasteiger partial charge in [-0.05, 0) is 31.8 Å². The molecule has 2 amide bonds. The van der Waals surface area contributed by atoms with E-state index in [0.29, 0.717) is 23.9 Å². The van der Waals surface area contributed by atoms with E-state index in [4.69, 9.17) is 0 Å². The summed E-state index contributed by atoms with van der Waals surface area (Å²) in [6, 6.07) is 19.3. The number of rotatable bonds is 10. The van der Waals surface area contributed by atoms with Crippen molar-refractivity contribution in [3.8, 4) is 0 Å². The molecule has 7 nitrogen and oxygen atoms in total. The van der Waals surface area contributed by atoms with Gasteiger partial charge in [0, 0.05) is 30.7 Å². The molecule has 0 spiro atoms. The van der Waals surface area contributed by atoms with Gasteiger partial charge in [0.25, 0.3) is 5.91 Å². The number of carbonyl (C=O) groups excluding carboxylic acids is 2. The second kappa shape index (κ2) is 11.2. The number of amides is 2. The first-order chi connectivity index (χ1) is 15.0. The SMILES string of the molecule is CN(C)CCNC(=O)CN(Cc1ccccc1)C(=O)c1csc(Nc2ccccc2)n1. The van der Waals surface area contributed by atoms with Gasteiger partial charge in [0.05, 0.1) is 0 Å². The Morgan fingerprint density at radius 1 is 1.00 bits per heavy atom. The van der Waals surface area contributed by atoms with Crippen LogP contribution in [0.4, 0.5) is 10.8 Å². The van der Waals surface area contributed by atoms with Crippen LogP contribution >= 0.6 is 11.3 Å². The molecule has 0 aliphatic rings. The lowest BCUT2D eigenvalue weighted by Crippen LogP contribution is -2.42. The van der Waals surface area contributed by atoms with Gasteiger partial charge in [-0.2, -0.15) is 0 Å². The van der Waals surface area contributed by atoms with Gasteiger partial charge in [-0.25, -0.2) is 4.98 Å². The molecule has 0 atom stereocenters. The van der Waals surface area contributed by atoms with E-state index in [2.05, 4.69) is 15.6 Å². The number of hydrogen-bond donors (Lipinski definition) is 2. The molecule has 1 heterocycles. The summed E-state index contributed by atoms with van der Waals surface area (Å²) in [5.74, 6) is -0.465. The summed E-state index contributed by atoms with van der Waals surface area (Å²) in [6.07, 6.45) is 0. The molecule has 2 N–H and O–H groups in total. The highest BCUT2D eigenvalue weighted by Crippen LogP contribution is 2.22. The molecule has 0 aliphatic heterocycles. The van der Waals surface area contributed by atoms with Crippen molar-refractivity contribution in [2.45, 2.75) is 6.54 Å². The second-order valence-corrected chi connectivity index (χ2v) is 8.19. The monoisotopic (exact) mass is 437 g/mol. The van der Waals surface area contributed by atoms with Crippen molar-refractivity contribution in [3.63, 3.8) is 0 Å². The van der Waals surface area contributed by atoms with E-state index < -0.39 is 0 Å². The molecule has 0 saturated carbocycles. The van der Waals surface area contributed by atoms with Gasteiger partial charge in [0.2, 0.25) is 5.91 Å². The van der Waals surface area contributed by atoms with Crippen LogP contribution in [0, 0.1) is 0 Å². The van der Waals surface area contributed by atoms with E-state index >= 15 is 0 Å². The van der Waals surface area contributed by atoms with Gasteiger partial charge >= 0.3 is 0 Å². The Balaban J connectivity index is 1.70. The van der Waals surface area contributed by atoms with Gasteiger partial charge < -0.3 is 20.4 Å². The van der Waals surface area contributed by atoms with E-state index in [-0.39, 0.29) is 18.4 Å². The van der Waals surface area contributed by atoms with Crippen molar-refractivity contribution in [2.75, 3.05) is 39.0 Å². The van der Waals surface area contributed by atoms with Crippen LogP contribution in [0.15, 0.2) is 66.0 Å². The zero-order valence-electron chi connectivity index (χ0n) is 17.7. The number of carbonyl (C=O) groups is 2. The molecule has 162 valence electrons. The molecule has 2 aromatic carbocycles. The van der Waals surface area contributed by atoms with Crippen LogP contribution in [-0.2, 0) is 11.3 Å². The highest BCUT2D eigenvalue weighted by molar-refractivity contribution is 7.14. The number of likely N-dealkylation sites (N-methyl/N-ethyl adjacent to an activating group) is 1. The summed E-state index contributed by atoms with van der Waals surface area (Å²) in [7, 11) is 3.89. The molecular weight excluding hydrogens is 410 g/mol. The molecule has 31 heavy (non-hydrogen) atoms. The van der Waals surface area contributed by atoms with Crippen LogP contribution < -0.4 is 10.6 Å². The highest BCUT2D eigenvalue weighted by atomic mass is 32.1. The molecule has 0 bridgehead atoms. The van der Waals surface area contributed by atoms with Gasteiger partial charge in [-0.3, -0.25) is 9.59 Å². The predicted molar refractivity (Wildman–Crippen MR) is 125 cm³/mol. The Morgan fingerprint density at radius 2 is 1.68 bits per heavy atom. The molecule has 8 heteroatoms. The maximum atomic E-state index is 13.2. The lowest BCUT2D eigenvalue weighted by atomic mass is 10.2. The van der Waals surface area contributed by atoms with Gasteiger partial charge in [0.1, 0.15) is 12.2 Å². The van der Waals surface area contributed by atoms with Gasteiger partial charge in [-0.15, -0.1) is 11.3 Å². The number of anilines is 2. The van der Waals surface area contributed by atoms with Crippen LogP contribution in [0.25, 0.3) is 0 Å². The van der Waals surface area contributed by atoms with Crippen LogP contribution in [0.2, 0.25) is 0 Å². The van der Waals surface area contributed by atoms with Crippen molar-refractivity contribution >= 4 is 34.0 Å². The third-order valence-corrected chi connectivity index (χ3v) is 5.23. The summed E-state index contributed by atoms with van der Waals surface area (Å²) < 4.78 is 0. The van der Waals surface area contributed by atoms with Crippen LogP contribution in [0.1, 0.15) is 16.1 Å². The third-order valence-electron chi connectivity index (χ3n) is 4.47. The Bertz CT molecular complexity index is 976. The largest absolute Gasteiger partial charge is 0.353 e. The number of hydrogen-bond acceptors (Lipinski definition) is 6. The standard InChI is InChI=1S/C23H27N5O2S/c1-27(2)14-13-24-21(29)16-28(15-18-9-5-3-6-10-18)22(30)20-17-31-23(26-20)25-19-11-7-4-8-12-19/h3-12,17H,13-16H2,1-2H3,(H,24,29)(H,25,26). The lowest BCUT2D eigenvalue weighted by molar-refractivity contribution is -0.121. The quantitative estimate of drug-likeness (QED) is 0.509. The van der Waals surface area contributed by atoms with Crippen LogP contribution in [0.5, 0.6) is 0 Å². The molecular formula is C23H27N5O2S. The average molecular weight is 438 g/mol. The third kappa shape index (κ3) is 7.20. The first-order valence-corrected chi connectivity index (χ1v) is 10.9. The summed E-state index contributed by atoms with van der Waals surface area (Å²) >= 11 is 1.36. The van der Waals surface area contributed by atoms with Crippen molar-refractivity contribution in [1.29, 1.82) is 0 Å². The van der Waals surface area contributed by atoms with Crippen LogP contribution in [-0.4, -0.2) is 60.3 Å². The first kappa shape index (κ1) is 22.5. The molecule has 0 saturated heterocycles. The molecule has 3 rings (SSSR count). The van der Waals surface area contributed by atoms with Crippen molar-refractivity contribution in [1.82, 2.24) is 20.1 Å². The number of aromatic nitrogens is 1. The Hall–Kier alpha value is -3.23. The normalized spacial score (nSPS) is 10.7. The molecule has 0 fully saturated rings. The minimum absolute atomic E-state index is 0.0276. The lowest BCUT2D eigenvalue weighted by Gasteiger charge is -2.22. The Kier molecular flexibility index (Phi) is 8.14. The van der Waals surface area contributed by atoms with E-state index in [0.717, 1.165) is 17.8 Å². The zero-order chi connectivity index (χ0) is 22.1. The number of benzene rings is 2. The molecule has 0 radical (unpaired) electrons. The smallest absolute Gasteiger partial charge is 0.274 e. The summed E-state index contributed by atoms with van der Waals surface area (Å²) in [5.41, 5.74) is 2.17. The van der Waals surface area contributed by atoms with Crippen LogP contribution in [0.3, 0.4) is 0 Å². The van der Waals surface area contributed by atoms with E-state index in [1.54, 1.807) is 5.38 Å². The van der Waals surface area contributed by atoms with E-state index in [1.807, 2.05) is 79.7 Å². The summed E-state index contributed by atoms with van der Waals surface area (Å²) in [4.78, 5) is 33.6. The predicted octanol–water partition coefficient (Wildman–Crippen LogP) is 3.21. The maximum absolute atomic E-state index is 13.2. The zero-order valence-corrected chi connectivity index (χ0v) is 18.6. The fourth-order valence-corrected chi connectivity index (χ4v) is 3.59. The van der Waals surface area contributed by atoms with Crippen molar-refractivity contribution in [3.05, 3.63) is 77.3 Å². The Labute approximate surface area is 186 Å². The summed E-state index contributed by atoms with van der Waals surface area (Å²) in [6.45, 7) is 1.57. The molecule has 0 aliphatic carbocycles. The first-order valence-electron chi connectivity index (χ1n) is 10.0. The fraction of sp³-hybridized carbons (Fsp3) is 0.261. The molecule has 0 unspecified atom stereocenters. The average Bonchev–Trinajstić information content (AvgIpc) is 3.22. The van der Waals surface area contributed by atoms with Crippen molar-refractivity contribution in [2.24, 2.45) is 0 Å². The summed E-state index contributed by atoms with van der Waals surface area (Å²) in [5, 5.41) is 8.42.